The van der Waals surface area contributed by atoms with Crippen molar-refractivity contribution in [2.75, 3.05) is 20.6 Å². The molecule has 2 N–H and O–H groups in total. The Hall–Kier alpha value is -1.13. The minimum atomic E-state index is -0.563. The summed E-state index contributed by atoms with van der Waals surface area (Å²) in [5, 5.41) is 13.0. The number of para-hydroxylation sites is 1. The molecule has 3 nitrogen and oxygen atoms in total. The average molecular weight is 268 g/mol. The molecule has 19 heavy (non-hydrogen) atoms. The van der Waals surface area contributed by atoms with Crippen LogP contribution < -0.4 is 5.32 Å². The number of nitrogens with one attached hydrogen (secondary N) is 1. The maximum Gasteiger partial charge on any atom is 0.165 e. The van der Waals surface area contributed by atoms with Crippen molar-refractivity contribution in [1.82, 2.24) is 10.2 Å². The summed E-state index contributed by atoms with van der Waals surface area (Å²) in [6.07, 6.45) is 1.05. The van der Waals surface area contributed by atoms with Crippen molar-refractivity contribution in [2.45, 2.75) is 32.9 Å². The number of phenolic OH excluding ortho intramolecular Hbond substituents is 1. The zero-order valence-corrected chi connectivity index (χ0v) is 12.3. The van der Waals surface area contributed by atoms with E-state index in [1.54, 1.807) is 12.1 Å². The molecule has 1 aromatic carbocycles. The van der Waals surface area contributed by atoms with Crippen molar-refractivity contribution in [3.63, 3.8) is 0 Å². The highest BCUT2D eigenvalue weighted by Crippen LogP contribution is 2.20. The highest BCUT2D eigenvalue weighted by atomic mass is 19.1. The Balaban J connectivity index is 2.62. The Morgan fingerprint density at radius 2 is 2.00 bits per heavy atom. The normalized spacial score (nSPS) is 13.2. The number of nitrogens with zero attached hydrogens (tertiary/aromatic N) is 1. The van der Waals surface area contributed by atoms with Gasteiger partial charge in [-0.25, -0.2) is 4.39 Å². The Morgan fingerprint density at radius 3 is 2.58 bits per heavy atom. The van der Waals surface area contributed by atoms with Crippen LogP contribution in [0.3, 0.4) is 0 Å². The quantitative estimate of drug-likeness (QED) is 0.798. The van der Waals surface area contributed by atoms with Crippen LogP contribution >= 0.6 is 0 Å². The van der Waals surface area contributed by atoms with Crippen LogP contribution in [0.25, 0.3) is 0 Å². The van der Waals surface area contributed by atoms with E-state index in [1.807, 2.05) is 14.1 Å². The van der Waals surface area contributed by atoms with Crippen molar-refractivity contribution in [1.29, 1.82) is 0 Å². The van der Waals surface area contributed by atoms with Gasteiger partial charge in [0.2, 0.25) is 0 Å². The first-order valence-corrected chi connectivity index (χ1v) is 6.74. The maximum atomic E-state index is 13.2. The van der Waals surface area contributed by atoms with Gasteiger partial charge in [-0.2, -0.15) is 0 Å². The summed E-state index contributed by atoms with van der Waals surface area (Å²) < 4.78 is 13.2. The fourth-order valence-corrected chi connectivity index (χ4v) is 2.19. The summed E-state index contributed by atoms with van der Waals surface area (Å²) in [6, 6.07) is 4.96. The molecule has 1 rings (SSSR count). The fraction of sp³-hybridized carbons (Fsp3) is 0.600. The predicted molar refractivity (Wildman–Crippen MR) is 76.7 cm³/mol. The second kappa shape index (κ2) is 7.46. The third-order valence-corrected chi connectivity index (χ3v) is 2.99. The lowest BCUT2D eigenvalue weighted by molar-refractivity contribution is 0.303. The second-order valence-corrected chi connectivity index (χ2v) is 5.72. The molecule has 1 aromatic rings. The minimum Gasteiger partial charge on any atom is -0.505 e. The molecule has 0 aliphatic carbocycles. The third kappa shape index (κ3) is 5.57. The van der Waals surface area contributed by atoms with E-state index in [0.717, 1.165) is 13.0 Å². The van der Waals surface area contributed by atoms with E-state index in [1.165, 1.54) is 6.07 Å². The van der Waals surface area contributed by atoms with Gasteiger partial charge in [-0.3, -0.25) is 0 Å². The summed E-state index contributed by atoms with van der Waals surface area (Å²) in [6.45, 7) is 5.77. The van der Waals surface area contributed by atoms with Gasteiger partial charge in [0.1, 0.15) is 0 Å². The van der Waals surface area contributed by atoms with Crippen molar-refractivity contribution in [2.24, 2.45) is 5.92 Å². The van der Waals surface area contributed by atoms with E-state index in [-0.39, 0.29) is 5.75 Å². The number of benzene rings is 1. The SMILES string of the molecule is CC(C)CC(CN(C)C)NCc1cccc(F)c1O. The van der Waals surface area contributed by atoms with Crippen LogP contribution in [0.2, 0.25) is 0 Å². The summed E-state index contributed by atoms with van der Waals surface area (Å²) >= 11 is 0. The zero-order chi connectivity index (χ0) is 14.4. The lowest BCUT2D eigenvalue weighted by atomic mass is 10.0. The Labute approximate surface area is 115 Å². The average Bonchev–Trinajstić information content (AvgIpc) is 2.29. The zero-order valence-electron chi connectivity index (χ0n) is 12.3. The molecule has 0 spiro atoms. The van der Waals surface area contributed by atoms with E-state index >= 15 is 0 Å². The topological polar surface area (TPSA) is 35.5 Å². The monoisotopic (exact) mass is 268 g/mol. The second-order valence-electron chi connectivity index (χ2n) is 5.72. The van der Waals surface area contributed by atoms with Crippen LogP contribution in [0.4, 0.5) is 4.39 Å². The number of hydrogen-bond donors (Lipinski definition) is 2. The number of likely N-dealkylation sites (N-methyl/N-ethyl adjacent to an activating group) is 1. The minimum absolute atomic E-state index is 0.247. The summed E-state index contributed by atoms with van der Waals surface area (Å²) in [7, 11) is 4.07. The number of aromatic hydroxyl groups is 1. The van der Waals surface area contributed by atoms with Crippen LogP contribution in [0.1, 0.15) is 25.8 Å². The van der Waals surface area contributed by atoms with Gasteiger partial charge in [0.15, 0.2) is 11.6 Å². The van der Waals surface area contributed by atoms with Gasteiger partial charge in [-0.05, 0) is 32.5 Å². The number of rotatable bonds is 7. The molecule has 0 aliphatic rings. The summed E-state index contributed by atoms with van der Waals surface area (Å²) in [5.41, 5.74) is 0.604. The standard InChI is InChI=1S/C15H25FN2O/c1-11(2)8-13(10-18(3)4)17-9-12-6-5-7-14(16)15(12)19/h5-7,11,13,17,19H,8-10H2,1-4H3. The first-order chi connectivity index (χ1) is 8.90. The van der Waals surface area contributed by atoms with Crippen LogP contribution in [0.15, 0.2) is 18.2 Å². The Morgan fingerprint density at radius 1 is 1.32 bits per heavy atom. The number of hydrogen-bond acceptors (Lipinski definition) is 3. The van der Waals surface area contributed by atoms with Crippen molar-refractivity contribution in [3.05, 3.63) is 29.6 Å². The molecule has 0 radical (unpaired) electrons. The largest absolute Gasteiger partial charge is 0.505 e. The van der Waals surface area contributed by atoms with Crippen molar-refractivity contribution >= 4 is 0 Å². The third-order valence-electron chi connectivity index (χ3n) is 2.99. The van der Waals surface area contributed by atoms with Gasteiger partial charge in [0, 0.05) is 24.7 Å². The summed E-state index contributed by atoms with van der Waals surface area (Å²) in [4.78, 5) is 2.13. The van der Waals surface area contributed by atoms with E-state index in [9.17, 15) is 9.50 Å². The van der Waals surface area contributed by atoms with E-state index in [0.29, 0.717) is 24.1 Å². The molecular weight excluding hydrogens is 243 g/mol. The Bertz CT molecular complexity index is 384. The van der Waals surface area contributed by atoms with Gasteiger partial charge in [0.25, 0.3) is 0 Å². The molecule has 0 aliphatic heterocycles. The molecule has 4 heteroatoms. The first-order valence-electron chi connectivity index (χ1n) is 6.74. The van der Waals surface area contributed by atoms with Gasteiger partial charge >= 0.3 is 0 Å². The number of halogens is 1. The molecule has 108 valence electrons. The van der Waals surface area contributed by atoms with Gasteiger partial charge < -0.3 is 15.3 Å². The smallest absolute Gasteiger partial charge is 0.165 e. The summed E-state index contributed by atoms with van der Waals surface area (Å²) in [5.74, 6) is -0.214. The first kappa shape index (κ1) is 15.9. The molecule has 1 atom stereocenters. The molecular formula is C15H25FN2O. The van der Waals surface area contributed by atoms with Gasteiger partial charge in [-0.15, -0.1) is 0 Å². The van der Waals surface area contributed by atoms with Crippen LogP contribution in [-0.4, -0.2) is 36.7 Å². The van der Waals surface area contributed by atoms with E-state index < -0.39 is 5.82 Å². The Kier molecular flexibility index (Phi) is 6.25. The molecule has 0 aromatic heterocycles. The molecule has 0 amide bonds. The van der Waals surface area contributed by atoms with Crippen LogP contribution in [-0.2, 0) is 6.54 Å². The van der Waals surface area contributed by atoms with E-state index in [2.05, 4.69) is 24.1 Å². The highest BCUT2D eigenvalue weighted by molar-refractivity contribution is 5.33. The van der Waals surface area contributed by atoms with Crippen LogP contribution in [0, 0.1) is 11.7 Å². The predicted octanol–water partition coefficient (Wildman–Crippen LogP) is 2.60. The number of phenols is 1. The molecule has 0 saturated heterocycles. The van der Waals surface area contributed by atoms with Gasteiger partial charge in [-0.1, -0.05) is 26.0 Å². The molecule has 0 saturated carbocycles. The highest BCUT2D eigenvalue weighted by Gasteiger charge is 2.13. The molecule has 1 unspecified atom stereocenters. The van der Waals surface area contributed by atoms with Crippen molar-refractivity contribution < 1.29 is 9.50 Å². The fourth-order valence-electron chi connectivity index (χ4n) is 2.19. The van der Waals surface area contributed by atoms with Gasteiger partial charge in [0.05, 0.1) is 0 Å². The molecule has 0 bridgehead atoms. The molecule has 0 heterocycles. The molecule has 0 fully saturated rings. The lowest BCUT2D eigenvalue weighted by Crippen LogP contribution is -2.38. The maximum absolute atomic E-state index is 13.2. The van der Waals surface area contributed by atoms with Crippen molar-refractivity contribution in [3.8, 4) is 5.75 Å². The lowest BCUT2D eigenvalue weighted by Gasteiger charge is -2.24. The van der Waals surface area contributed by atoms with Crippen LogP contribution in [0.5, 0.6) is 5.75 Å². The van der Waals surface area contributed by atoms with E-state index in [4.69, 9.17) is 0 Å².